The molecule has 5 heteroatoms. The van der Waals surface area contributed by atoms with E-state index in [1.807, 2.05) is 26.0 Å². The van der Waals surface area contributed by atoms with E-state index in [9.17, 15) is 4.79 Å². The van der Waals surface area contributed by atoms with Gasteiger partial charge in [-0.3, -0.25) is 4.79 Å². The molecule has 1 amide bonds. The first kappa shape index (κ1) is 15.7. The van der Waals surface area contributed by atoms with Crippen molar-refractivity contribution in [1.29, 1.82) is 0 Å². The van der Waals surface area contributed by atoms with E-state index < -0.39 is 0 Å². The van der Waals surface area contributed by atoms with Gasteiger partial charge in [0, 0.05) is 12.2 Å². The lowest BCUT2D eigenvalue weighted by Crippen LogP contribution is -2.15. The molecule has 2 rings (SSSR count). The van der Waals surface area contributed by atoms with Crippen molar-refractivity contribution in [1.82, 2.24) is 0 Å². The van der Waals surface area contributed by atoms with Crippen LogP contribution in [0, 0.1) is 6.92 Å². The first-order valence-corrected chi connectivity index (χ1v) is 7.38. The SMILES string of the molecule is CCNc1cc(C)ccc1C(=O)Nc1c(Cl)cccc1Cl. The van der Waals surface area contributed by atoms with Crippen molar-refractivity contribution in [2.75, 3.05) is 17.2 Å². The maximum absolute atomic E-state index is 12.5. The molecule has 0 aliphatic rings. The Hall–Kier alpha value is -1.71. The molecule has 0 fully saturated rings. The second-order valence-electron chi connectivity index (χ2n) is 4.63. The predicted molar refractivity (Wildman–Crippen MR) is 89.8 cm³/mol. The molecule has 3 nitrogen and oxygen atoms in total. The smallest absolute Gasteiger partial charge is 0.257 e. The molecule has 0 bridgehead atoms. The van der Waals surface area contributed by atoms with E-state index in [1.54, 1.807) is 24.3 Å². The van der Waals surface area contributed by atoms with Gasteiger partial charge in [-0.1, -0.05) is 35.3 Å². The van der Waals surface area contributed by atoms with Crippen molar-refractivity contribution in [3.8, 4) is 0 Å². The zero-order valence-electron chi connectivity index (χ0n) is 11.8. The van der Waals surface area contributed by atoms with Gasteiger partial charge in [0.2, 0.25) is 0 Å². The number of aryl methyl sites for hydroxylation is 1. The standard InChI is InChI=1S/C16H16Cl2N2O/c1-3-19-14-9-10(2)7-8-11(14)16(21)20-15-12(17)5-4-6-13(15)18/h4-9,19H,3H2,1-2H3,(H,20,21). The van der Waals surface area contributed by atoms with E-state index in [-0.39, 0.29) is 5.91 Å². The Kier molecular flexibility index (Phi) is 5.10. The molecule has 0 aromatic heterocycles. The van der Waals surface area contributed by atoms with Gasteiger partial charge in [-0.15, -0.1) is 0 Å². The summed E-state index contributed by atoms with van der Waals surface area (Å²) in [5, 5.41) is 6.78. The van der Waals surface area contributed by atoms with Crippen LogP contribution < -0.4 is 10.6 Å². The number of rotatable bonds is 4. The highest BCUT2D eigenvalue weighted by Crippen LogP contribution is 2.30. The topological polar surface area (TPSA) is 41.1 Å². The van der Waals surface area contributed by atoms with Gasteiger partial charge in [-0.25, -0.2) is 0 Å². The molecule has 0 heterocycles. The van der Waals surface area contributed by atoms with Crippen LogP contribution in [0.2, 0.25) is 10.0 Å². The van der Waals surface area contributed by atoms with Crippen LogP contribution in [0.25, 0.3) is 0 Å². The van der Waals surface area contributed by atoms with Crippen molar-refractivity contribution in [3.05, 3.63) is 57.6 Å². The van der Waals surface area contributed by atoms with Gasteiger partial charge >= 0.3 is 0 Å². The van der Waals surface area contributed by atoms with Gasteiger partial charge in [0.15, 0.2) is 0 Å². The van der Waals surface area contributed by atoms with Crippen LogP contribution in [0.4, 0.5) is 11.4 Å². The maximum atomic E-state index is 12.5. The van der Waals surface area contributed by atoms with Crippen molar-refractivity contribution >= 4 is 40.5 Å². The molecule has 0 radical (unpaired) electrons. The van der Waals surface area contributed by atoms with Gasteiger partial charge in [-0.05, 0) is 43.7 Å². The summed E-state index contributed by atoms with van der Waals surface area (Å²) in [6.07, 6.45) is 0. The Morgan fingerprint density at radius 2 is 1.81 bits per heavy atom. The minimum absolute atomic E-state index is 0.249. The highest BCUT2D eigenvalue weighted by atomic mass is 35.5. The van der Waals surface area contributed by atoms with E-state index in [4.69, 9.17) is 23.2 Å². The van der Waals surface area contributed by atoms with Crippen LogP contribution in [0.1, 0.15) is 22.8 Å². The van der Waals surface area contributed by atoms with Crippen molar-refractivity contribution < 1.29 is 4.79 Å². The third kappa shape index (κ3) is 3.69. The summed E-state index contributed by atoms with van der Waals surface area (Å²) >= 11 is 12.1. The van der Waals surface area contributed by atoms with Crippen molar-refractivity contribution in [3.63, 3.8) is 0 Å². The molecule has 2 aromatic carbocycles. The van der Waals surface area contributed by atoms with Crippen LogP contribution in [0.5, 0.6) is 0 Å². The monoisotopic (exact) mass is 322 g/mol. The van der Waals surface area contributed by atoms with Crippen LogP contribution in [0.15, 0.2) is 36.4 Å². The van der Waals surface area contributed by atoms with Gasteiger partial charge in [0.05, 0.1) is 21.3 Å². The van der Waals surface area contributed by atoms with Crippen LogP contribution in [-0.4, -0.2) is 12.5 Å². The molecule has 21 heavy (non-hydrogen) atoms. The van der Waals surface area contributed by atoms with Gasteiger partial charge in [-0.2, -0.15) is 0 Å². The number of hydrogen-bond acceptors (Lipinski definition) is 2. The summed E-state index contributed by atoms with van der Waals surface area (Å²) in [7, 11) is 0. The Morgan fingerprint density at radius 1 is 1.14 bits per heavy atom. The maximum Gasteiger partial charge on any atom is 0.257 e. The van der Waals surface area contributed by atoms with Gasteiger partial charge < -0.3 is 10.6 Å². The molecule has 0 saturated carbocycles. The number of nitrogens with one attached hydrogen (secondary N) is 2. The lowest BCUT2D eigenvalue weighted by Gasteiger charge is -2.13. The summed E-state index contributed by atoms with van der Waals surface area (Å²) in [4.78, 5) is 12.5. The largest absolute Gasteiger partial charge is 0.385 e. The number of anilines is 2. The lowest BCUT2D eigenvalue weighted by molar-refractivity contribution is 0.102. The number of halogens is 2. The number of carbonyl (C=O) groups excluding carboxylic acids is 1. The quantitative estimate of drug-likeness (QED) is 0.832. The molecule has 110 valence electrons. The zero-order valence-corrected chi connectivity index (χ0v) is 13.3. The third-order valence-electron chi connectivity index (χ3n) is 2.99. The van der Waals surface area contributed by atoms with E-state index in [0.29, 0.717) is 21.3 Å². The third-order valence-corrected chi connectivity index (χ3v) is 3.62. The normalized spacial score (nSPS) is 10.3. The zero-order chi connectivity index (χ0) is 15.4. The highest BCUT2D eigenvalue weighted by molar-refractivity contribution is 6.40. The molecule has 0 atom stereocenters. The number of amides is 1. The second kappa shape index (κ2) is 6.83. The molecule has 0 unspecified atom stereocenters. The summed E-state index contributed by atoms with van der Waals surface area (Å²) in [6.45, 7) is 4.69. The van der Waals surface area contributed by atoms with E-state index in [1.165, 1.54) is 0 Å². The minimum Gasteiger partial charge on any atom is -0.385 e. The number of carbonyl (C=O) groups is 1. The van der Waals surface area contributed by atoms with Gasteiger partial charge in [0.1, 0.15) is 0 Å². The van der Waals surface area contributed by atoms with E-state index >= 15 is 0 Å². The minimum atomic E-state index is -0.249. The Morgan fingerprint density at radius 3 is 2.43 bits per heavy atom. The Labute approximate surface area is 134 Å². The highest BCUT2D eigenvalue weighted by Gasteiger charge is 2.14. The van der Waals surface area contributed by atoms with Crippen molar-refractivity contribution in [2.45, 2.75) is 13.8 Å². The first-order chi connectivity index (χ1) is 10.0. The van der Waals surface area contributed by atoms with E-state index in [0.717, 1.165) is 17.8 Å². The van der Waals surface area contributed by atoms with Crippen molar-refractivity contribution in [2.24, 2.45) is 0 Å². The Bertz CT molecular complexity index is 651. The van der Waals surface area contributed by atoms with Crippen LogP contribution >= 0.6 is 23.2 Å². The fourth-order valence-electron chi connectivity index (χ4n) is 1.99. The first-order valence-electron chi connectivity index (χ1n) is 6.62. The van der Waals surface area contributed by atoms with E-state index in [2.05, 4.69) is 10.6 Å². The molecular weight excluding hydrogens is 307 g/mol. The fourth-order valence-corrected chi connectivity index (χ4v) is 2.48. The molecule has 0 spiro atoms. The Balaban J connectivity index is 2.32. The average molecular weight is 323 g/mol. The molecule has 0 saturated heterocycles. The molecule has 2 aromatic rings. The van der Waals surface area contributed by atoms with Crippen LogP contribution in [-0.2, 0) is 0 Å². The van der Waals surface area contributed by atoms with Gasteiger partial charge in [0.25, 0.3) is 5.91 Å². The second-order valence-corrected chi connectivity index (χ2v) is 5.44. The number of hydrogen-bond donors (Lipinski definition) is 2. The number of benzene rings is 2. The van der Waals surface area contributed by atoms with Crippen LogP contribution in [0.3, 0.4) is 0 Å². The summed E-state index contributed by atoms with van der Waals surface area (Å²) in [6, 6.07) is 10.7. The molecule has 2 N–H and O–H groups in total. The summed E-state index contributed by atoms with van der Waals surface area (Å²) in [5.74, 6) is -0.249. The lowest BCUT2D eigenvalue weighted by atomic mass is 10.1. The number of para-hydroxylation sites is 1. The molecule has 0 aliphatic carbocycles. The fraction of sp³-hybridized carbons (Fsp3) is 0.188. The average Bonchev–Trinajstić information content (AvgIpc) is 2.43. The molecule has 0 aliphatic heterocycles. The summed E-state index contributed by atoms with van der Waals surface area (Å²) in [5.41, 5.74) is 2.85. The summed E-state index contributed by atoms with van der Waals surface area (Å²) < 4.78 is 0. The predicted octanol–water partition coefficient (Wildman–Crippen LogP) is 4.99. The molecular formula is C16H16Cl2N2O.